The summed E-state index contributed by atoms with van der Waals surface area (Å²) in [5.41, 5.74) is 3.96. The maximum absolute atomic E-state index is 5.66. The van der Waals surface area contributed by atoms with Crippen LogP contribution in [0.1, 0.15) is 18.0 Å². The first-order valence-electron chi connectivity index (χ1n) is 5.69. The lowest BCUT2D eigenvalue weighted by molar-refractivity contribution is 0.297. The molecule has 4 nitrogen and oxygen atoms in total. The van der Waals surface area contributed by atoms with Gasteiger partial charge < -0.3 is 9.47 Å². The van der Waals surface area contributed by atoms with E-state index in [1.54, 1.807) is 11.8 Å². The smallest absolute Gasteiger partial charge is 0.161 e. The fourth-order valence-electron chi connectivity index (χ4n) is 1.80. The normalized spacial score (nSPS) is 16.4. The summed E-state index contributed by atoms with van der Waals surface area (Å²) in [6.45, 7) is 1.43. The molecule has 1 aromatic rings. The maximum Gasteiger partial charge on any atom is 0.161 e. The van der Waals surface area contributed by atoms with Crippen molar-refractivity contribution in [3.05, 3.63) is 23.8 Å². The second-order valence-electron chi connectivity index (χ2n) is 3.93. The second kappa shape index (κ2) is 6.14. The van der Waals surface area contributed by atoms with Crippen molar-refractivity contribution in [2.75, 3.05) is 25.2 Å². The predicted octanol–water partition coefficient (Wildman–Crippen LogP) is 1.72. The number of nitrogens with two attached hydrogens (primary N) is 1. The molecule has 17 heavy (non-hydrogen) atoms. The fourth-order valence-corrected chi connectivity index (χ4v) is 2.43. The second-order valence-corrected chi connectivity index (χ2v) is 4.84. The molecule has 0 radical (unpaired) electrons. The number of fused-ring (bicyclic) bond motifs is 1. The summed E-state index contributed by atoms with van der Waals surface area (Å²) in [6.07, 6.45) is 2.99. The van der Waals surface area contributed by atoms with E-state index in [1.807, 2.05) is 18.2 Å². The quantitative estimate of drug-likeness (QED) is 0.633. The Balaban J connectivity index is 2.21. The van der Waals surface area contributed by atoms with Gasteiger partial charge in [-0.3, -0.25) is 11.3 Å². The lowest BCUT2D eigenvalue weighted by Gasteiger charge is -2.17. The van der Waals surface area contributed by atoms with Crippen LogP contribution in [-0.2, 0) is 0 Å². The molecule has 1 aliphatic rings. The summed E-state index contributed by atoms with van der Waals surface area (Å²) in [5.74, 6) is 8.13. The molecule has 0 aromatic heterocycles. The Morgan fingerprint density at radius 2 is 2.12 bits per heavy atom. The van der Waals surface area contributed by atoms with Crippen molar-refractivity contribution in [3.8, 4) is 11.5 Å². The van der Waals surface area contributed by atoms with Crippen LogP contribution < -0.4 is 20.7 Å². The summed E-state index contributed by atoms with van der Waals surface area (Å²) < 4.78 is 11.3. The minimum absolute atomic E-state index is 0.141. The van der Waals surface area contributed by atoms with Crippen LogP contribution in [0.15, 0.2) is 18.2 Å². The van der Waals surface area contributed by atoms with Crippen molar-refractivity contribution in [1.29, 1.82) is 0 Å². The Labute approximate surface area is 106 Å². The first kappa shape index (κ1) is 12.5. The average Bonchev–Trinajstić information content (AvgIpc) is 2.60. The van der Waals surface area contributed by atoms with E-state index >= 15 is 0 Å². The molecular weight excluding hydrogens is 236 g/mol. The van der Waals surface area contributed by atoms with Crippen molar-refractivity contribution in [2.45, 2.75) is 12.5 Å². The van der Waals surface area contributed by atoms with E-state index in [9.17, 15) is 0 Å². The summed E-state index contributed by atoms with van der Waals surface area (Å²) >= 11 is 1.76. The number of hydrazine groups is 1. The fraction of sp³-hybridized carbons (Fsp3) is 0.500. The Kier molecular flexibility index (Phi) is 4.53. The Morgan fingerprint density at radius 3 is 2.82 bits per heavy atom. The highest BCUT2D eigenvalue weighted by molar-refractivity contribution is 7.98. The predicted molar refractivity (Wildman–Crippen MR) is 70.5 cm³/mol. The van der Waals surface area contributed by atoms with Gasteiger partial charge in [-0.05, 0) is 24.0 Å². The zero-order valence-corrected chi connectivity index (χ0v) is 10.8. The third kappa shape index (κ3) is 3.06. The largest absolute Gasteiger partial charge is 0.490 e. The van der Waals surface area contributed by atoms with Gasteiger partial charge in [-0.15, -0.1) is 0 Å². The molecule has 3 N–H and O–H groups in total. The number of ether oxygens (including phenoxy) is 2. The summed E-state index contributed by atoms with van der Waals surface area (Å²) in [5, 5.41) is 0. The van der Waals surface area contributed by atoms with Gasteiger partial charge in [0.25, 0.3) is 0 Å². The maximum atomic E-state index is 5.66. The Hall–Kier alpha value is -0.910. The number of rotatable bonds is 4. The molecule has 2 rings (SSSR count). The van der Waals surface area contributed by atoms with Crippen molar-refractivity contribution >= 4 is 11.8 Å². The molecule has 0 saturated heterocycles. The number of hydrogen-bond donors (Lipinski definition) is 2. The monoisotopic (exact) mass is 254 g/mol. The van der Waals surface area contributed by atoms with Crippen LogP contribution in [-0.4, -0.2) is 25.2 Å². The van der Waals surface area contributed by atoms with Gasteiger partial charge in [-0.1, -0.05) is 6.07 Å². The van der Waals surface area contributed by atoms with E-state index in [2.05, 4.69) is 11.7 Å². The molecule has 0 fully saturated rings. The van der Waals surface area contributed by atoms with Crippen molar-refractivity contribution in [2.24, 2.45) is 5.84 Å². The van der Waals surface area contributed by atoms with Crippen molar-refractivity contribution in [3.63, 3.8) is 0 Å². The number of benzene rings is 1. The van der Waals surface area contributed by atoms with Crippen LogP contribution in [0.2, 0.25) is 0 Å². The molecular formula is C12H18N2O2S. The molecule has 0 amide bonds. The van der Waals surface area contributed by atoms with Crippen molar-refractivity contribution < 1.29 is 9.47 Å². The average molecular weight is 254 g/mol. The molecule has 1 aliphatic heterocycles. The van der Waals surface area contributed by atoms with Gasteiger partial charge in [0.1, 0.15) is 0 Å². The van der Waals surface area contributed by atoms with Gasteiger partial charge in [0.15, 0.2) is 11.5 Å². The number of hydrogen-bond acceptors (Lipinski definition) is 5. The minimum atomic E-state index is 0.141. The van der Waals surface area contributed by atoms with Gasteiger partial charge >= 0.3 is 0 Å². The zero-order chi connectivity index (χ0) is 12.1. The third-order valence-corrected chi connectivity index (χ3v) is 3.38. The first-order chi connectivity index (χ1) is 8.35. The van der Waals surface area contributed by atoms with Gasteiger partial charge in [0.2, 0.25) is 0 Å². The van der Waals surface area contributed by atoms with Crippen LogP contribution in [0.25, 0.3) is 0 Å². The van der Waals surface area contributed by atoms with Crippen LogP contribution in [0.5, 0.6) is 11.5 Å². The van der Waals surface area contributed by atoms with Gasteiger partial charge in [-0.2, -0.15) is 11.8 Å². The molecule has 1 unspecified atom stereocenters. The van der Waals surface area contributed by atoms with E-state index in [0.29, 0.717) is 6.61 Å². The van der Waals surface area contributed by atoms with Crippen LogP contribution >= 0.6 is 11.8 Å². The standard InChI is InChI=1S/C12H18N2O2S/c1-17-8-10(14-13)9-3-4-11-12(7-9)16-6-2-5-15-11/h3-4,7,10,14H,2,5-6,8,13H2,1H3. The minimum Gasteiger partial charge on any atom is -0.490 e. The lowest BCUT2D eigenvalue weighted by Crippen LogP contribution is -2.29. The molecule has 0 saturated carbocycles. The topological polar surface area (TPSA) is 56.5 Å². The molecule has 0 bridgehead atoms. The van der Waals surface area contributed by atoms with Crippen LogP contribution in [0.4, 0.5) is 0 Å². The third-order valence-electron chi connectivity index (χ3n) is 2.71. The van der Waals surface area contributed by atoms with Crippen LogP contribution in [0, 0.1) is 0 Å². The summed E-state index contributed by atoms with van der Waals surface area (Å²) in [4.78, 5) is 0. The lowest BCUT2D eigenvalue weighted by atomic mass is 10.1. The number of thioether (sulfide) groups is 1. The number of nitrogens with one attached hydrogen (secondary N) is 1. The van der Waals surface area contributed by atoms with Crippen molar-refractivity contribution in [1.82, 2.24) is 5.43 Å². The summed E-state index contributed by atoms with van der Waals surface area (Å²) in [7, 11) is 0. The highest BCUT2D eigenvalue weighted by Gasteiger charge is 2.15. The molecule has 1 atom stereocenters. The Morgan fingerprint density at radius 1 is 1.35 bits per heavy atom. The van der Waals surface area contributed by atoms with E-state index in [4.69, 9.17) is 15.3 Å². The Bertz CT molecular complexity index is 374. The first-order valence-corrected chi connectivity index (χ1v) is 7.09. The molecule has 1 aromatic carbocycles. The van der Waals surface area contributed by atoms with Gasteiger partial charge in [-0.25, -0.2) is 0 Å². The molecule has 1 heterocycles. The van der Waals surface area contributed by atoms with E-state index in [1.165, 1.54) is 0 Å². The highest BCUT2D eigenvalue weighted by Crippen LogP contribution is 2.32. The van der Waals surface area contributed by atoms with Crippen LogP contribution in [0.3, 0.4) is 0 Å². The summed E-state index contributed by atoms with van der Waals surface area (Å²) in [6, 6.07) is 6.15. The van der Waals surface area contributed by atoms with E-state index < -0.39 is 0 Å². The molecule has 0 spiro atoms. The van der Waals surface area contributed by atoms with E-state index in [-0.39, 0.29) is 6.04 Å². The van der Waals surface area contributed by atoms with Gasteiger partial charge in [0, 0.05) is 12.2 Å². The molecule has 94 valence electrons. The van der Waals surface area contributed by atoms with E-state index in [0.717, 1.165) is 35.8 Å². The zero-order valence-electron chi connectivity index (χ0n) is 9.94. The van der Waals surface area contributed by atoms with Gasteiger partial charge in [0.05, 0.1) is 19.3 Å². The SMILES string of the molecule is CSCC(NN)c1ccc2c(c1)OCCCO2. The highest BCUT2D eigenvalue weighted by atomic mass is 32.2. The molecule has 0 aliphatic carbocycles. The molecule has 5 heteroatoms.